The molecule has 0 unspecified atom stereocenters. The lowest BCUT2D eigenvalue weighted by atomic mass is 10.3. The van der Waals surface area contributed by atoms with Crippen LogP contribution in [0.25, 0.3) is 0 Å². The third kappa shape index (κ3) is 4.89. The highest BCUT2D eigenvalue weighted by molar-refractivity contribution is 5.93. The summed E-state index contributed by atoms with van der Waals surface area (Å²) in [5.74, 6) is -0.195. The van der Waals surface area contributed by atoms with Gasteiger partial charge in [0.25, 0.3) is 0 Å². The number of urea groups is 1. The summed E-state index contributed by atoms with van der Waals surface area (Å²) in [4.78, 5) is 23.0. The molecule has 0 aromatic heterocycles. The van der Waals surface area contributed by atoms with Gasteiger partial charge in [0.2, 0.25) is 5.91 Å². The van der Waals surface area contributed by atoms with Gasteiger partial charge in [-0.1, -0.05) is 0 Å². The van der Waals surface area contributed by atoms with Crippen molar-refractivity contribution >= 4 is 23.3 Å². The van der Waals surface area contributed by atoms with Gasteiger partial charge in [0.1, 0.15) is 6.61 Å². The number of benzene rings is 1. The molecule has 0 atom stereocenters. The smallest absolute Gasteiger partial charge is 0.319 e. The summed E-state index contributed by atoms with van der Waals surface area (Å²) in [6.45, 7) is 2.38. The van der Waals surface area contributed by atoms with E-state index in [2.05, 4.69) is 16.0 Å². The van der Waals surface area contributed by atoms with Crippen LogP contribution in [0, 0.1) is 0 Å². The molecule has 1 fully saturated rings. The molecule has 0 radical (unpaired) electrons. The number of rotatable bonds is 6. The molecule has 1 aliphatic carbocycles. The van der Waals surface area contributed by atoms with Crippen molar-refractivity contribution in [2.24, 2.45) is 0 Å². The van der Waals surface area contributed by atoms with Crippen LogP contribution < -0.4 is 16.0 Å². The van der Waals surface area contributed by atoms with Gasteiger partial charge in [0.15, 0.2) is 0 Å². The predicted octanol–water partition coefficient (Wildman–Crippen LogP) is 1.95. The first-order valence-electron chi connectivity index (χ1n) is 6.72. The van der Waals surface area contributed by atoms with Gasteiger partial charge in [-0.3, -0.25) is 4.79 Å². The van der Waals surface area contributed by atoms with Gasteiger partial charge in [-0.05, 0) is 44.0 Å². The Morgan fingerprint density at radius 2 is 1.75 bits per heavy atom. The van der Waals surface area contributed by atoms with Gasteiger partial charge in [-0.2, -0.15) is 0 Å². The zero-order valence-electron chi connectivity index (χ0n) is 11.4. The lowest BCUT2D eigenvalue weighted by Gasteiger charge is -2.08. The minimum atomic E-state index is -0.195. The number of carbonyl (C=O) groups excluding carboxylic acids is 2. The molecule has 0 heterocycles. The summed E-state index contributed by atoms with van der Waals surface area (Å²) in [6.07, 6.45) is 2.11. The van der Waals surface area contributed by atoms with E-state index in [9.17, 15) is 9.59 Å². The number of carbonyl (C=O) groups is 2. The van der Waals surface area contributed by atoms with Crippen molar-refractivity contribution in [3.63, 3.8) is 0 Å². The van der Waals surface area contributed by atoms with Crippen LogP contribution in [0.5, 0.6) is 0 Å². The molecular formula is C14H19N3O3. The summed E-state index contributed by atoms with van der Waals surface area (Å²) >= 11 is 0. The monoisotopic (exact) mass is 277 g/mol. The molecular weight excluding hydrogens is 258 g/mol. The maximum Gasteiger partial charge on any atom is 0.319 e. The number of anilines is 2. The van der Waals surface area contributed by atoms with E-state index in [1.54, 1.807) is 24.3 Å². The Hall–Kier alpha value is -2.08. The van der Waals surface area contributed by atoms with Crippen molar-refractivity contribution in [1.29, 1.82) is 0 Å². The van der Waals surface area contributed by atoms with Crippen LogP contribution in [0.3, 0.4) is 0 Å². The molecule has 0 spiro atoms. The second-order valence-corrected chi connectivity index (χ2v) is 4.64. The number of amides is 3. The van der Waals surface area contributed by atoms with Gasteiger partial charge in [0.05, 0.1) is 0 Å². The lowest BCUT2D eigenvalue weighted by Crippen LogP contribution is -2.30. The van der Waals surface area contributed by atoms with Gasteiger partial charge >= 0.3 is 6.03 Å². The quantitative estimate of drug-likeness (QED) is 0.743. The van der Waals surface area contributed by atoms with Crippen molar-refractivity contribution in [2.75, 3.05) is 23.8 Å². The Labute approximate surface area is 117 Å². The van der Waals surface area contributed by atoms with E-state index in [0.29, 0.717) is 24.0 Å². The van der Waals surface area contributed by atoms with E-state index < -0.39 is 0 Å². The Kier molecular flexibility index (Phi) is 4.95. The van der Waals surface area contributed by atoms with Crippen molar-refractivity contribution < 1.29 is 14.3 Å². The van der Waals surface area contributed by atoms with Crippen LogP contribution in [0.4, 0.5) is 16.2 Å². The summed E-state index contributed by atoms with van der Waals surface area (Å²) < 4.78 is 5.01. The van der Waals surface area contributed by atoms with Crippen LogP contribution in [0.15, 0.2) is 24.3 Å². The lowest BCUT2D eigenvalue weighted by molar-refractivity contribution is -0.120. The third-order valence-corrected chi connectivity index (χ3v) is 2.78. The molecule has 6 nitrogen and oxygen atoms in total. The van der Waals surface area contributed by atoms with Gasteiger partial charge < -0.3 is 20.7 Å². The van der Waals surface area contributed by atoms with E-state index in [1.807, 2.05) is 6.92 Å². The van der Waals surface area contributed by atoms with Crippen LogP contribution in [-0.2, 0) is 9.53 Å². The van der Waals surface area contributed by atoms with Crippen molar-refractivity contribution in [3.05, 3.63) is 24.3 Å². The molecule has 1 saturated carbocycles. The van der Waals surface area contributed by atoms with Gasteiger partial charge in [-0.25, -0.2) is 4.79 Å². The molecule has 3 N–H and O–H groups in total. The molecule has 0 saturated heterocycles. The average Bonchev–Trinajstić information content (AvgIpc) is 3.22. The summed E-state index contributed by atoms with van der Waals surface area (Å²) in [5, 5.41) is 8.28. The molecule has 1 aromatic rings. The topological polar surface area (TPSA) is 79.5 Å². The zero-order chi connectivity index (χ0) is 14.4. The Bertz CT molecular complexity index is 469. The van der Waals surface area contributed by atoms with E-state index in [0.717, 1.165) is 12.8 Å². The van der Waals surface area contributed by atoms with Crippen LogP contribution in [0.2, 0.25) is 0 Å². The first-order chi connectivity index (χ1) is 9.67. The second-order valence-electron chi connectivity index (χ2n) is 4.64. The fourth-order valence-corrected chi connectivity index (χ4v) is 1.61. The summed E-state index contributed by atoms with van der Waals surface area (Å²) in [6, 6.07) is 7.08. The van der Waals surface area contributed by atoms with Crippen LogP contribution >= 0.6 is 0 Å². The number of hydrogen-bond acceptors (Lipinski definition) is 3. The Morgan fingerprint density at radius 3 is 2.30 bits per heavy atom. The molecule has 0 bridgehead atoms. The number of nitrogens with one attached hydrogen (secondary N) is 3. The van der Waals surface area contributed by atoms with Crippen LogP contribution in [0.1, 0.15) is 19.8 Å². The molecule has 1 aromatic carbocycles. The molecule has 3 amide bonds. The standard InChI is InChI=1S/C14H19N3O3/c1-2-20-9-13(18)15-10-3-5-11(6-4-10)16-14(19)17-12-7-8-12/h3-6,12H,2,7-9H2,1H3,(H,15,18)(H2,16,17,19). The van der Waals surface area contributed by atoms with E-state index in [4.69, 9.17) is 4.74 Å². The van der Waals surface area contributed by atoms with E-state index >= 15 is 0 Å². The summed E-state index contributed by atoms with van der Waals surface area (Å²) in [5.41, 5.74) is 1.36. The fraction of sp³-hybridized carbons (Fsp3) is 0.429. The predicted molar refractivity (Wildman–Crippen MR) is 76.7 cm³/mol. The first kappa shape index (κ1) is 14.3. The van der Waals surface area contributed by atoms with Crippen LogP contribution in [-0.4, -0.2) is 31.2 Å². The fourth-order valence-electron chi connectivity index (χ4n) is 1.61. The minimum Gasteiger partial charge on any atom is -0.372 e. The number of ether oxygens (including phenoxy) is 1. The zero-order valence-corrected chi connectivity index (χ0v) is 11.4. The molecule has 0 aliphatic heterocycles. The molecule has 108 valence electrons. The largest absolute Gasteiger partial charge is 0.372 e. The summed E-state index contributed by atoms with van der Waals surface area (Å²) in [7, 11) is 0. The van der Waals surface area contributed by atoms with E-state index in [1.165, 1.54) is 0 Å². The molecule has 6 heteroatoms. The highest BCUT2D eigenvalue weighted by atomic mass is 16.5. The average molecular weight is 277 g/mol. The maximum atomic E-state index is 11.5. The number of hydrogen-bond donors (Lipinski definition) is 3. The highest BCUT2D eigenvalue weighted by Crippen LogP contribution is 2.19. The molecule has 20 heavy (non-hydrogen) atoms. The minimum absolute atomic E-state index is 0.0420. The third-order valence-electron chi connectivity index (χ3n) is 2.78. The van der Waals surface area contributed by atoms with Crippen molar-refractivity contribution in [1.82, 2.24) is 5.32 Å². The van der Waals surface area contributed by atoms with Crippen molar-refractivity contribution in [2.45, 2.75) is 25.8 Å². The van der Waals surface area contributed by atoms with E-state index in [-0.39, 0.29) is 18.5 Å². The van der Waals surface area contributed by atoms with Crippen molar-refractivity contribution in [3.8, 4) is 0 Å². The second kappa shape index (κ2) is 6.91. The van der Waals surface area contributed by atoms with Gasteiger partial charge in [0, 0.05) is 24.0 Å². The molecule has 2 rings (SSSR count). The SMILES string of the molecule is CCOCC(=O)Nc1ccc(NC(=O)NC2CC2)cc1. The first-order valence-corrected chi connectivity index (χ1v) is 6.72. The molecule has 1 aliphatic rings. The Morgan fingerprint density at radius 1 is 1.15 bits per heavy atom. The Balaban J connectivity index is 1.79. The van der Waals surface area contributed by atoms with Gasteiger partial charge in [-0.15, -0.1) is 0 Å². The maximum absolute atomic E-state index is 11.5. The highest BCUT2D eigenvalue weighted by Gasteiger charge is 2.23. The normalized spacial score (nSPS) is 13.7.